The van der Waals surface area contributed by atoms with Crippen molar-refractivity contribution in [3.05, 3.63) is 65.0 Å². The molecule has 3 aromatic rings. The number of amides is 2. The molecule has 0 aliphatic carbocycles. The van der Waals surface area contributed by atoms with Crippen LogP contribution in [0.25, 0.3) is 10.8 Å². The highest BCUT2D eigenvalue weighted by Gasteiger charge is 2.18. The molecule has 5 heteroatoms. The van der Waals surface area contributed by atoms with Crippen LogP contribution < -0.4 is 10.6 Å². The van der Waals surface area contributed by atoms with Gasteiger partial charge in [0.2, 0.25) is 0 Å². The monoisotopic (exact) mass is 336 g/mol. The molecule has 0 aliphatic heterocycles. The van der Waals surface area contributed by atoms with Gasteiger partial charge in [0, 0.05) is 24.8 Å². The quantitative estimate of drug-likeness (QED) is 0.762. The van der Waals surface area contributed by atoms with Gasteiger partial charge in [0.25, 0.3) is 0 Å². The predicted molar refractivity (Wildman–Crippen MR) is 100 cm³/mol. The van der Waals surface area contributed by atoms with Gasteiger partial charge in [-0.25, -0.2) is 4.79 Å². The summed E-state index contributed by atoms with van der Waals surface area (Å²) in [6.07, 6.45) is 0. The summed E-state index contributed by atoms with van der Waals surface area (Å²) >= 11 is 0. The van der Waals surface area contributed by atoms with Crippen molar-refractivity contribution in [1.82, 2.24) is 20.4 Å². The molecular formula is C20H24N4O. The second-order valence-corrected chi connectivity index (χ2v) is 6.40. The molecule has 2 N–H and O–H groups in total. The van der Waals surface area contributed by atoms with Gasteiger partial charge in [-0.3, -0.25) is 4.68 Å². The molecule has 1 heterocycles. The summed E-state index contributed by atoms with van der Waals surface area (Å²) in [4.78, 5) is 12.3. The average molecular weight is 336 g/mol. The number of carbonyl (C=O) groups is 1. The maximum Gasteiger partial charge on any atom is 0.315 e. The number of hydrogen-bond acceptors (Lipinski definition) is 2. The van der Waals surface area contributed by atoms with Crippen LogP contribution in [-0.2, 0) is 13.6 Å². The standard InChI is InChI=1S/C20H24N4O/c1-13(19-14(2)23-24(4)15(19)3)22-20(25)21-12-17-10-7-9-16-8-5-6-11-18(16)17/h5-11,13H,12H2,1-4H3,(H2,21,22,25). The van der Waals surface area contributed by atoms with Gasteiger partial charge in [-0.2, -0.15) is 5.10 Å². The molecule has 130 valence electrons. The molecule has 0 radical (unpaired) electrons. The Hall–Kier alpha value is -2.82. The molecular weight excluding hydrogens is 312 g/mol. The number of nitrogens with one attached hydrogen (secondary N) is 2. The van der Waals surface area contributed by atoms with Gasteiger partial charge in [0.1, 0.15) is 0 Å². The van der Waals surface area contributed by atoms with Crippen LogP contribution in [0.5, 0.6) is 0 Å². The van der Waals surface area contributed by atoms with E-state index >= 15 is 0 Å². The summed E-state index contributed by atoms with van der Waals surface area (Å²) in [5, 5.41) is 12.7. The Bertz CT molecular complexity index is 908. The fraction of sp³-hybridized carbons (Fsp3) is 0.300. The molecule has 0 aliphatic rings. The van der Waals surface area contributed by atoms with Crippen LogP contribution in [0.3, 0.4) is 0 Å². The van der Waals surface area contributed by atoms with Gasteiger partial charge in [0.15, 0.2) is 0 Å². The molecule has 2 amide bonds. The van der Waals surface area contributed by atoms with Crippen LogP contribution >= 0.6 is 0 Å². The van der Waals surface area contributed by atoms with E-state index < -0.39 is 0 Å². The zero-order chi connectivity index (χ0) is 18.0. The highest BCUT2D eigenvalue weighted by molar-refractivity contribution is 5.86. The van der Waals surface area contributed by atoms with Gasteiger partial charge >= 0.3 is 6.03 Å². The number of fused-ring (bicyclic) bond motifs is 1. The minimum atomic E-state index is -0.178. The van der Waals surface area contributed by atoms with E-state index in [0.29, 0.717) is 6.54 Å². The summed E-state index contributed by atoms with van der Waals surface area (Å²) in [5.41, 5.74) is 4.19. The van der Waals surface area contributed by atoms with Gasteiger partial charge in [0.05, 0.1) is 11.7 Å². The molecule has 0 fully saturated rings. The summed E-state index contributed by atoms with van der Waals surface area (Å²) in [6.45, 7) is 6.45. The van der Waals surface area contributed by atoms with E-state index in [1.807, 2.05) is 56.8 Å². The molecule has 2 aromatic carbocycles. The third-order valence-electron chi connectivity index (χ3n) is 4.66. The Morgan fingerprint density at radius 3 is 2.60 bits per heavy atom. The first-order chi connectivity index (χ1) is 12.0. The molecule has 5 nitrogen and oxygen atoms in total. The number of aryl methyl sites for hydroxylation is 2. The SMILES string of the molecule is Cc1nn(C)c(C)c1C(C)NC(=O)NCc1cccc2ccccc12. The zero-order valence-corrected chi connectivity index (χ0v) is 15.1. The first-order valence-corrected chi connectivity index (χ1v) is 8.48. The molecule has 3 rings (SSSR count). The lowest BCUT2D eigenvalue weighted by molar-refractivity contribution is 0.237. The molecule has 0 saturated carbocycles. The third-order valence-corrected chi connectivity index (χ3v) is 4.66. The normalized spacial score (nSPS) is 12.2. The lowest BCUT2D eigenvalue weighted by atomic mass is 10.0. The highest BCUT2D eigenvalue weighted by Crippen LogP contribution is 2.21. The Labute approximate surface area is 148 Å². The van der Waals surface area contributed by atoms with Crippen molar-refractivity contribution < 1.29 is 4.79 Å². The molecule has 25 heavy (non-hydrogen) atoms. The molecule has 1 atom stereocenters. The number of rotatable bonds is 4. The topological polar surface area (TPSA) is 59.0 Å². The number of hydrogen-bond donors (Lipinski definition) is 2. The van der Waals surface area contributed by atoms with Crippen LogP contribution in [0.2, 0.25) is 0 Å². The van der Waals surface area contributed by atoms with E-state index in [1.54, 1.807) is 0 Å². The lowest BCUT2D eigenvalue weighted by Crippen LogP contribution is -2.37. The van der Waals surface area contributed by atoms with E-state index in [2.05, 4.69) is 33.9 Å². The van der Waals surface area contributed by atoms with Gasteiger partial charge in [-0.05, 0) is 37.1 Å². The van der Waals surface area contributed by atoms with Crippen LogP contribution in [-0.4, -0.2) is 15.8 Å². The number of benzene rings is 2. The second-order valence-electron chi connectivity index (χ2n) is 6.40. The van der Waals surface area contributed by atoms with Crippen molar-refractivity contribution >= 4 is 16.8 Å². The highest BCUT2D eigenvalue weighted by atomic mass is 16.2. The van der Waals surface area contributed by atoms with Crippen LogP contribution in [0.15, 0.2) is 42.5 Å². The van der Waals surface area contributed by atoms with Crippen molar-refractivity contribution in [1.29, 1.82) is 0 Å². The number of urea groups is 1. The number of carbonyl (C=O) groups excluding carboxylic acids is 1. The average Bonchev–Trinajstić information content (AvgIpc) is 2.85. The minimum Gasteiger partial charge on any atom is -0.334 e. The Kier molecular flexibility index (Phi) is 4.74. The van der Waals surface area contributed by atoms with E-state index in [0.717, 1.165) is 27.9 Å². The Morgan fingerprint density at radius 1 is 1.16 bits per heavy atom. The summed E-state index contributed by atoms with van der Waals surface area (Å²) in [5.74, 6) is 0. The largest absolute Gasteiger partial charge is 0.334 e. The molecule has 0 spiro atoms. The molecule has 0 bridgehead atoms. The zero-order valence-electron chi connectivity index (χ0n) is 15.1. The van der Waals surface area contributed by atoms with Crippen LogP contribution in [0.1, 0.15) is 35.5 Å². The molecule has 0 saturated heterocycles. The minimum absolute atomic E-state index is 0.0961. The first kappa shape index (κ1) is 17.0. The third kappa shape index (κ3) is 3.50. The first-order valence-electron chi connectivity index (χ1n) is 8.48. The second kappa shape index (κ2) is 6.97. The van der Waals surface area contributed by atoms with Crippen molar-refractivity contribution in [2.24, 2.45) is 7.05 Å². The Morgan fingerprint density at radius 2 is 1.88 bits per heavy atom. The molecule has 1 unspecified atom stereocenters. The van der Waals surface area contributed by atoms with Crippen LogP contribution in [0, 0.1) is 13.8 Å². The van der Waals surface area contributed by atoms with Crippen molar-refractivity contribution in [2.75, 3.05) is 0 Å². The van der Waals surface area contributed by atoms with Crippen molar-refractivity contribution in [2.45, 2.75) is 33.4 Å². The number of nitrogens with zero attached hydrogens (tertiary/aromatic N) is 2. The fourth-order valence-electron chi connectivity index (χ4n) is 3.36. The van der Waals surface area contributed by atoms with Crippen molar-refractivity contribution in [3.8, 4) is 0 Å². The van der Waals surface area contributed by atoms with E-state index in [9.17, 15) is 4.79 Å². The maximum absolute atomic E-state index is 12.3. The van der Waals surface area contributed by atoms with Crippen LogP contribution in [0.4, 0.5) is 4.79 Å². The van der Waals surface area contributed by atoms with Gasteiger partial charge in [-0.1, -0.05) is 42.5 Å². The Balaban J connectivity index is 1.66. The number of aromatic nitrogens is 2. The van der Waals surface area contributed by atoms with E-state index in [4.69, 9.17) is 0 Å². The van der Waals surface area contributed by atoms with E-state index in [-0.39, 0.29) is 12.1 Å². The summed E-state index contributed by atoms with van der Waals surface area (Å²) in [6, 6.07) is 14.1. The van der Waals surface area contributed by atoms with Gasteiger partial charge < -0.3 is 10.6 Å². The van der Waals surface area contributed by atoms with Gasteiger partial charge in [-0.15, -0.1) is 0 Å². The van der Waals surface area contributed by atoms with Crippen molar-refractivity contribution in [3.63, 3.8) is 0 Å². The lowest BCUT2D eigenvalue weighted by Gasteiger charge is -2.16. The predicted octanol–water partition coefficient (Wildman–Crippen LogP) is 3.75. The summed E-state index contributed by atoms with van der Waals surface area (Å²) < 4.78 is 1.84. The smallest absolute Gasteiger partial charge is 0.315 e. The summed E-state index contributed by atoms with van der Waals surface area (Å²) in [7, 11) is 1.92. The fourth-order valence-corrected chi connectivity index (χ4v) is 3.36. The van der Waals surface area contributed by atoms with E-state index in [1.165, 1.54) is 5.39 Å². The molecule has 1 aromatic heterocycles. The maximum atomic E-state index is 12.3.